The summed E-state index contributed by atoms with van der Waals surface area (Å²) in [6.07, 6.45) is 1.55. The van der Waals surface area contributed by atoms with Crippen LogP contribution in [0.3, 0.4) is 0 Å². The Bertz CT molecular complexity index is 1060. The van der Waals surface area contributed by atoms with Gasteiger partial charge in [-0.2, -0.15) is 0 Å². The molecule has 0 aliphatic carbocycles. The number of carboxylic acids is 1. The summed E-state index contributed by atoms with van der Waals surface area (Å²) in [6, 6.07) is 20.8. The van der Waals surface area contributed by atoms with Gasteiger partial charge < -0.3 is 9.67 Å². The van der Waals surface area contributed by atoms with Crippen molar-refractivity contribution >= 4 is 27.8 Å². The average Bonchev–Trinajstić information content (AvgIpc) is 3.05. The van der Waals surface area contributed by atoms with E-state index in [1.54, 1.807) is 10.9 Å². The standard InChI is InChI=1S/C20H15N2O2/c1-20(19(23)24,22-13-21-17-11-4-5-12-18(17)22)16-10-6-8-14-7-2-3-9-15(14)16/h2-13H,1H2,(H,23,24). The smallest absolute Gasteiger partial charge is 0.334 e. The highest BCUT2D eigenvalue weighted by Crippen LogP contribution is 2.34. The van der Waals surface area contributed by atoms with E-state index in [-0.39, 0.29) is 0 Å². The van der Waals surface area contributed by atoms with Crippen LogP contribution in [0.25, 0.3) is 21.8 Å². The second-order valence-corrected chi connectivity index (χ2v) is 5.80. The zero-order valence-electron chi connectivity index (χ0n) is 12.9. The first-order valence-corrected chi connectivity index (χ1v) is 7.62. The predicted octanol–water partition coefficient (Wildman–Crippen LogP) is 3.85. The van der Waals surface area contributed by atoms with E-state index in [1.807, 2.05) is 66.7 Å². The minimum Gasteiger partial charge on any atom is -0.479 e. The Hall–Kier alpha value is -3.14. The molecular weight excluding hydrogens is 300 g/mol. The van der Waals surface area contributed by atoms with E-state index < -0.39 is 11.5 Å². The first-order valence-electron chi connectivity index (χ1n) is 7.62. The number of carboxylic acid groups (broad SMARTS) is 1. The third kappa shape index (κ3) is 1.93. The molecule has 4 rings (SSSR count). The van der Waals surface area contributed by atoms with Crippen LogP contribution in [-0.2, 0) is 10.3 Å². The number of fused-ring (bicyclic) bond motifs is 2. The van der Waals surface area contributed by atoms with Crippen molar-refractivity contribution in [3.63, 3.8) is 0 Å². The minimum absolute atomic E-state index is 0.635. The van der Waals surface area contributed by atoms with Gasteiger partial charge in [-0.15, -0.1) is 0 Å². The highest BCUT2D eigenvalue weighted by atomic mass is 16.4. The maximum absolute atomic E-state index is 12.3. The zero-order chi connectivity index (χ0) is 16.7. The van der Waals surface area contributed by atoms with Gasteiger partial charge in [0.1, 0.15) is 0 Å². The van der Waals surface area contributed by atoms with Gasteiger partial charge in [0, 0.05) is 0 Å². The molecule has 1 heterocycles. The van der Waals surface area contributed by atoms with Gasteiger partial charge in [0.15, 0.2) is 5.54 Å². The Morgan fingerprint density at radius 2 is 1.71 bits per heavy atom. The number of carbonyl (C=O) groups is 1. The molecule has 3 aromatic carbocycles. The van der Waals surface area contributed by atoms with Crippen molar-refractivity contribution in [2.75, 3.05) is 0 Å². The molecule has 0 aliphatic rings. The summed E-state index contributed by atoms with van der Waals surface area (Å²) in [4.78, 5) is 16.6. The third-order valence-electron chi connectivity index (χ3n) is 4.45. The molecule has 0 saturated heterocycles. The van der Waals surface area contributed by atoms with Crippen LogP contribution in [0.15, 0.2) is 73.1 Å². The van der Waals surface area contributed by atoms with Gasteiger partial charge in [-0.1, -0.05) is 54.6 Å². The van der Waals surface area contributed by atoms with Crippen molar-refractivity contribution in [1.82, 2.24) is 9.55 Å². The number of imidazole rings is 1. The molecular formula is C20H15N2O2. The highest BCUT2D eigenvalue weighted by Gasteiger charge is 2.39. The lowest BCUT2D eigenvalue weighted by molar-refractivity contribution is -0.143. The maximum Gasteiger partial charge on any atom is 0.334 e. The van der Waals surface area contributed by atoms with Crippen LogP contribution < -0.4 is 0 Å². The number of aliphatic carboxylic acids is 1. The molecule has 117 valence electrons. The van der Waals surface area contributed by atoms with Crippen LogP contribution in [0.2, 0.25) is 0 Å². The molecule has 4 aromatic rings. The summed E-state index contributed by atoms with van der Waals surface area (Å²) in [6.45, 7) is 4.11. The summed E-state index contributed by atoms with van der Waals surface area (Å²) in [5.41, 5.74) is 0.614. The molecule has 4 nitrogen and oxygen atoms in total. The second kappa shape index (κ2) is 5.20. The molecule has 1 aromatic heterocycles. The molecule has 0 bridgehead atoms. The fraction of sp³-hybridized carbons (Fsp3) is 0.0500. The van der Waals surface area contributed by atoms with E-state index in [4.69, 9.17) is 0 Å². The number of para-hydroxylation sites is 2. The average molecular weight is 315 g/mol. The van der Waals surface area contributed by atoms with Crippen molar-refractivity contribution in [1.29, 1.82) is 0 Å². The molecule has 0 spiro atoms. The number of benzene rings is 3. The highest BCUT2D eigenvalue weighted by molar-refractivity contribution is 5.95. The third-order valence-corrected chi connectivity index (χ3v) is 4.45. The lowest BCUT2D eigenvalue weighted by Crippen LogP contribution is -2.40. The summed E-state index contributed by atoms with van der Waals surface area (Å²) in [5, 5.41) is 11.9. The van der Waals surface area contributed by atoms with Crippen molar-refractivity contribution in [2.24, 2.45) is 0 Å². The first-order chi connectivity index (χ1) is 11.6. The lowest BCUT2D eigenvalue weighted by atomic mass is 9.87. The molecule has 1 radical (unpaired) electrons. The Balaban J connectivity index is 2.08. The quantitative estimate of drug-likeness (QED) is 0.625. The summed E-state index contributed by atoms with van der Waals surface area (Å²) in [7, 11) is 0. The maximum atomic E-state index is 12.3. The Morgan fingerprint density at radius 3 is 2.54 bits per heavy atom. The largest absolute Gasteiger partial charge is 0.479 e. The topological polar surface area (TPSA) is 55.1 Å². The molecule has 1 atom stereocenters. The lowest BCUT2D eigenvalue weighted by Gasteiger charge is -2.29. The minimum atomic E-state index is -1.50. The van der Waals surface area contributed by atoms with Gasteiger partial charge in [-0.25, -0.2) is 9.78 Å². The molecule has 0 fully saturated rings. The fourth-order valence-electron chi connectivity index (χ4n) is 3.20. The van der Waals surface area contributed by atoms with Crippen molar-refractivity contribution in [3.05, 3.63) is 85.5 Å². The molecule has 0 saturated carbocycles. The molecule has 1 N–H and O–H groups in total. The SMILES string of the molecule is [CH2]C(C(=O)O)(c1cccc2ccccc12)n1cnc2ccccc21. The van der Waals surface area contributed by atoms with Crippen LogP contribution in [0.4, 0.5) is 0 Å². The monoisotopic (exact) mass is 315 g/mol. The number of aromatic nitrogens is 2. The van der Waals surface area contributed by atoms with Gasteiger partial charge in [0.05, 0.1) is 17.4 Å². The fourth-order valence-corrected chi connectivity index (χ4v) is 3.20. The Morgan fingerprint density at radius 1 is 1.00 bits per heavy atom. The van der Waals surface area contributed by atoms with Gasteiger partial charge in [0.2, 0.25) is 0 Å². The van der Waals surface area contributed by atoms with Gasteiger partial charge in [-0.05, 0) is 35.4 Å². The number of nitrogens with zero attached hydrogens (tertiary/aromatic N) is 2. The Labute approximate surface area is 139 Å². The van der Waals surface area contributed by atoms with Crippen LogP contribution in [-0.4, -0.2) is 20.6 Å². The van der Waals surface area contributed by atoms with E-state index in [2.05, 4.69) is 11.9 Å². The number of hydrogen-bond donors (Lipinski definition) is 1. The van der Waals surface area contributed by atoms with Gasteiger partial charge >= 0.3 is 5.97 Å². The molecule has 1 unspecified atom stereocenters. The van der Waals surface area contributed by atoms with E-state index in [0.717, 1.165) is 21.8 Å². The summed E-state index contributed by atoms with van der Waals surface area (Å²) >= 11 is 0. The van der Waals surface area contributed by atoms with Crippen molar-refractivity contribution < 1.29 is 9.90 Å². The molecule has 24 heavy (non-hydrogen) atoms. The van der Waals surface area contributed by atoms with E-state index >= 15 is 0 Å². The molecule has 0 amide bonds. The van der Waals surface area contributed by atoms with E-state index in [0.29, 0.717) is 5.56 Å². The number of hydrogen-bond acceptors (Lipinski definition) is 2. The summed E-state index contributed by atoms with van der Waals surface area (Å²) < 4.78 is 1.63. The first kappa shape index (κ1) is 14.5. The van der Waals surface area contributed by atoms with E-state index in [1.165, 1.54) is 0 Å². The normalized spacial score (nSPS) is 13.9. The predicted molar refractivity (Wildman–Crippen MR) is 93.7 cm³/mol. The van der Waals surface area contributed by atoms with Crippen molar-refractivity contribution in [2.45, 2.75) is 5.54 Å². The molecule has 4 heteroatoms. The van der Waals surface area contributed by atoms with Crippen LogP contribution >= 0.6 is 0 Å². The number of rotatable bonds is 3. The second-order valence-electron chi connectivity index (χ2n) is 5.80. The van der Waals surface area contributed by atoms with Crippen molar-refractivity contribution in [3.8, 4) is 0 Å². The van der Waals surface area contributed by atoms with Gasteiger partial charge in [0.25, 0.3) is 0 Å². The molecule has 0 aliphatic heterocycles. The van der Waals surface area contributed by atoms with Crippen LogP contribution in [0.1, 0.15) is 5.56 Å². The van der Waals surface area contributed by atoms with E-state index in [9.17, 15) is 9.90 Å². The Kier molecular flexibility index (Phi) is 3.13. The summed E-state index contributed by atoms with van der Waals surface area (Å²) in [5.74, 6) is -1.03. The zero-order valence-corrected chi connectivity index (χ0v) is 12.9. The van der Waals surface area contributed by atoms with Crippen LogP contribution in [0.5, 0.6) is 0 Å². The van der Waals surface area contributed by atoms with Crippen LogP contribution in [0, 0.1) is 6.92 Å². The van der Waals surface area contributed by atoms with Gasteiger partial charge in [-0.3, -0.25) is 0 Å².